The molecule has 118 valence electrons. The van der Waals surface area contributed by atoms with Gasteiger partial charge in [-0.1, -0.05) is 18.2 Å². The molecule has 1 aromatic rings. The molecule has 0 radical (unpaired) electrons. The van der Waals surface area contributed by atoms with E-state index in [1.807, 2.05) is 31.2 Å². The molecule has 22 heavy (non-hydrogen) atoms. The van der Waals surface area contributed by atoms with Gasteiger partial charge in [-0.15, -0.1) is 6.58 Å². The van der Waals surface area contributed by atoms with Gasteiger partial charge in [-0.3, -0.25) is 9.59 Å². The van der Waals surface area contributed by atoms with Crippen LogP contribution in [0.1, 0.15) is 31.2 Å². The van der Waals surface area contributed by atoms with Gasteiger partial charge in [0, 0.05) is 24.1 Å². The molecule has 0 atom stereocenters. The second-order valence-electron chi connectivity index (χ2n) is 5.94. The molecule has 4 heteroatoms. The predicted octanol–water partition coefficient (Wildman–Crippen LogP) is 3.04. The Kier molecular flexibility index (Phi) is 5.75. The highest BCUT2D eigenvalue weighted by molar-refractivity contribution is 5.92. The van der Waals surface area contributed by atoms with Crippen molar-refractivity contribution in [3.05, 3.63) is 42.5 Å². The van der Waals surface area contributed by atoms with Gasteiger partial charge < -0.3 is 10.6 Å². The van der Waals surface area contributed by atoms with Gasteiger partial charge in [-0.25, -0.2) is 0 Å². The van der Waals surface area contributed by atoms with Crippen LogP contribution in [0, 0.1) is 18.8 Å². The lowest BCUT2D eigenvalue weighted by Crippen LogP contribution is -2.35. The Morgan fingerprint density at radius 1 is 1.18 bits per heavy atom. The molecule has 2 rings (SSSR count). The van der Waals surface area contributed by atoms with Gasteiger partial charge in [-0.05, 0) is 50.3 Å². The summed E-state index contributed by atoms with van der Waals surface area (Å²) in [6.45, 7) is 6.10. The maximum Gasteiger partial charge on any atom is 0.227 e. The van der Waals surface area contributed by atoms with Crippen LogP contribution in [0.4, 0.5) is 5.69 Å². The molecule has 0 aliphatic heterocycles. The van der Waals surface area contributed by atoms with Gasteiger partial charge in [0.15, 0.2) is 0 Å². The highest BCUT2D eigenvalue weighted by Crippen LogP contribution is 2.29. The summed E-state index contributed by atoms with van der Waals surface area (Å²) in [6.07, 6.45) is 4.76. The van der Waals surface area contributed by atoms with Crippen molar-refractivity contribution in [3.8, 4) is 0 Å². The SMILES string of the molecule is C=CCNC(=O)C1CCC(C(=O)Nc2cccc(C)c2)CC1. The molecule has 0 unspecified atom stereocenters. The lowest BCUT2D eigenvalue weighted by molar-refractivity contribution is -0.128. The highest BCUT2D eigenvalue weighted by atomic mass is 16.2. The number of nitrogens with one attached hydrogen (secondary N) is 2. The number of carbonyl (C=O) groups is 2. The van der Waals surface area contributed by atoms with Crippen molar-refractivity contribution in [3.63, 3.8) is 0 Å². The molecule has 0 heterocycles. The summed E-state index contributed by atoms with van der Waals surface area (Å²) in [6, 6.07) is 7.81. The fourth-order valence-electron chi connectivity index (χ4n) is 2.90. The number of hydrogen-bond donors (Lipinski definition) is 2. The van der Waals surface area contributed by atoms with Crippen molar-refractivity contribution < 1.29 is 9.59 Å². The molecule has 1 fully saturated rings. The molecule has 1 aromatic carbocycles. The average molecular weight is 300 g/mol. The van der Waals surface area contributed by atoms with E-state index in [-0.39, 0.29) is 23.7 Å². The Hall–Kier alpha value is -2.10. The number of rotatable bonds is 5. The molecular weight excluding hydrogens is 276 g/mol. The standard InChI is InChI=1S/C18H24N2O2/c1-3-11-19-17(21)14-7-9-15(10-8-14)18(22)20-16-6-4-5-13(2)12-16/h3-6,12,14-15H,1,7-11H2,2H3,(H,19,21)(H,20,22). The summed E-state index contributed by atoms with van der Waals surface area (Å²) in [5.74, 6) is 0.180. The van der Waals surface area contributed by atoms with Crippen LogP contribution in [0.15, 0.2) is 36.9 Å². The number of hydrogen-bond acceptors (Lipinski definition) is 2. The van der Waals surface area contributed by atoms with Gasteiger partial charge in [0.2, 0.25) is 11.8 Å². The van der Waals surface area contributed by atoms with E-state index in [0.717, 1.165) is 36.9 Å². The first-order valence-corrected chi connectivity index (χ1v) is 7.86. The third kappa shape index (κ3) is 4.45. The lowest BCUT2D eigenvalue weighted by atomic mass is 9.81. The molecule has 0 spiro atoms. The number of benzene rings is 1. The minimum absolute atomic E-state index is 0.00367. The largest absolute Gasteiger partial charge is 0.352 e. The fraction of sp³-hybridized carbons (Fsp3) is 0.444. The third-order valence-corrected chi connectivity index (χ3v) is 4.18. The van der Waals surface area contributed by atoms with Crippen LogP contribution in [0.5, 0.6) is 0 Å². The maximum absolute atomic E-state index is 12.3. The normalized spacial score (nSPS) is 21.0. The maximum atomic E-state index is 12.3. The van der Waals surface area contributed by atoms with E-state index >= 15 is 0 Å². The average Bonchev–Trinajstić information content (AvgIpc) is 2.52. The first-order chi connectivity index (χ1) is 10.6. The summed E-state index contributed by atoms with van der Waals surface area (Å²) >= 11 is 0. The van der Waals surface area contributed by atoms with Crippen molar-refractivity contribution in [2.75, 3.05) is 11.9 Å². The smallest absolute Gasteiger partial charge is 0.227 e. The summed E-state index contributed by atoms with van der Waals surface area (Å²) in [4.78, 5) is 24.2. The first-order valence-electron chi connectivity index (χ1n) is 7.86. The number of aryl methyl sites for hydroxylation is 1. The van der Waals surface area contributed by atoms with Gasteiger partial charge in [0.25, 0.3) is 0 Å². The van der Waals surface area contributed by atoms with Crippen molar-refractivity contribution in [1.82, 2.24) is 5.32 Å². The van der Waals surface area contributed by atoms with Crippen LogP contribution >= 0.6 is 0 Å². The van der Waals surface area contributed by atoms with E-state index in [4.69, 9.17) is 0 Å². The Labute approximate surface area is 132 Å². The third-order valence-electron chi connectivity index (χ3n) is 4.18. The monoisotopic (exact) mass is 300 g/mol. The molecule has 2 amide bonds. The topological polar surface area (TPSA) is 58.2 Å². The molecule has 0 aromatic heterocycles. The number of amides is 2. The van der Waals surface area contributed by atoms with Crippen LogP contribution in [0.2, 0.25) is 0 Å². The molecule has 1 aliphatic carbocycles. The van der Waals surface area contributed by atoms with E-state index in [0.29, 0.717) is 6.54 Å². The van der Waals surface area contributed by atoms with Crippen molar-refractivity contribution in [1.29, 1.82) is 0 Å². The van der Waals surface area contributed by atoms with E-state index in [9.17, 15) is 9.59 Å². The van der Waals surface area contributed by atoms with Gasteiger partial charge in [0.05, 0.1) is 0 Å². The van der Waals surface area contributed by atoms with Crippen molar-refractivity contribution >= 4 is 17.5 Å². The fourth-order valence-corrected chi connectivity index (χ4v) is 2.90. The summed E-state index contributed by atoms with van der Waals surface area (Å²) in [5.41, 5.74) is 1.97. The summed E-state index contributed by atoms with van der Waals surface area (Å²) in [5, 5.41) is 5.81. The zero-order valence-electron chi connectivity index (χ0n) is 13.1. The molecular formula is C18H24N2O2. The van der Waals surface area contributed by atoms with Crippen molar-refractivity contribution in [2.24, 2.45) is 11.8 Å². The Morgan fingerprint density at radius 2 is 1.82 bits per heavy atom. The van der Waals surface area contributed by atoms with Gasteiger partial charge in [0.1, 0.15) is 0 Å². The molecule has 0 saturated heterocycles. The molecule has 4 nitrogen and oxygen atoms in total. The van der Waals surface area contributed by atoms with Crippen LogP contribution in [0.25, 0.3) is 0 Å². The summed E-state index contributed by atoms with van der Waals surface area (Å²) in [7, 11) is 0. The Bertz CT molecular complexity index is 546. The Balaban J connectivity index is 1.82. The quantitative estimate of drug-likeness (QED) is 0.821. The minimum Gasteiger partial charge on any atom is -0.352 e. The Morgan fingerprint density at radius 3 is 2.41 bits per heavy atom. The molecule has 2 N–H and O–H groups in total. The highest BCUT2D eigenvalue weighted by Gasteiger charge is 2.29. The molecule has 1 aliphatic rings. The second-order valence-corrected chi connectivity index (χ2v) is 5.94. The zero-order chi connectivity index (χ0) is 15.9. The number of carbonyl (C=O) groups excluding carboxylic acids is 2. The van der Waals surface area contributed by atoms with E-state index in [1.165, 1.54) is 0 Å². The summed E-state index contributed by atoms with van der Waals surface area (Å²) < 4.78 is 0. The van der Waals surface area contributed by atoms with Crippen LogP contribution in [-0.4, -0.2) is 18.4 Å². The van der Waals surface area contributed by atoms with Crippen LogP contribution in [0.3, 0.4) is 0 Å². The van der Waals surface area contributed by atoms with Gasteiger partial charge in [-0.2, -0.15) is 0 Å². The minimum atomic E-state index is 0.00367. The van der Waals surface area contributed by atoms with E-state index in [1.54, 1.807) is 6.08 Å². The predicted molar refractivity (Wildman–Crippen MR) is 88.5 cm³/mol. The number of anilines is 1. The first kappa shape index (κ1) is 16.3. The van der Waals surface area contributed by atoms with E-state index < -0.39 is 0 Å². The van der Waals surface area contributed by atoms with E-state index in [2.05, 4.69) is 17.2 Å². The van der Waals surface area contributed by atoms with Crippen LogP contribution in [-0.2, 0) is 9.59 Å². The lowest BCUT2D eigenvalue weighted by Gasteiger charge is -2.27. The van der Waals surface area contributed by atoms with Crippen molar-refractivity contribution in [2.45, 2.75) is 32.6 Å². The molecule has 0 bridgehead atoms. The van der Waals surface area contributed by atoms with Gasteiger partial charge >= 0.3 is 0 Å². The zero-order valence-corrected chi connectivity index (χ0v) is 13.1. The second kappa shape index (κ2) is 7.78. The van der Waals surface area contributed by atoms with Crippen LogP contribution < -0.4 is 10.6 Å². The molecule has 1 saturated carbocycles.